The average Bonchev–Trinajstić information content (AvgIpc) is 0.811. The largest absolute Gasteiger partial charge is 1.00 e. The molecule has 0 aliphatic carbocycles. The second kappa shape index (κ2) is 4.21. The van der Waals surface area contributed by atoms with Gasteiger partial charge in [0.15, 0.2) is 0 Å². The molecule has 0 heterocycles. The van der Waals surface area contributed by atoms with E-state index in [-0.39, 0.29) is 27.7 Å². The quantitative estimate of drug-likeness (QED) is 0.527. The van der Waals surface area contributed by atoms with Gasteiger partial charge in [-0.25, -0.2) is 0 Å². The van der Waals surface area contributed by atoms with Crippen LogP contribution in [0.3, 0.4) is 0 Å². The van der Waals surface area contributed by atoms with Crippen LogP contribution in [-0.2, 0) is 27.7 Å². The second-order valence-corrected chi connectivity index (χ2v) is 0.319. The van der Waals surface area contributed by atoms with Gasteiger partial charge in [0.1, 0.15) is 6.09 Å². The van der Waals surface area contributed by atoms with E-state index in [1.807, 2.05) is 0 Å². The summed E-state index contributed by atoms with van der Waals surface area (Å²) in [4.78, 5) is 8.67. The molecule has 2 N–H and O–H groups in total. The van der Waals surface area contributed by atoms with Crippen LogP contribution in [0.25, 0.3) is 0 Å². The maximum absolute atomic E-state index is 8.67. The SMILES string of the molecule is NC(=O)[O-].[Hg+]. The van der Waals surface area contributed by atoms with Crippen LogP contribution in [0.2, 0.25) is 0 Å². The number of nitrogens with two attached hydrogens (primary N) is 1. The van der Waals surface area contributed by atoms with Gasteiger partial charge in [0.25, 0.3) is 0 Å². The van der Waals surface area contributed by atoms with E-state index in [1.54, 1.807) is 0 Å². The van der Waals surface area contributed by atoms with Crippen molar-refractivity contribution < 1.29 is 37.6 Å². The summed E-state index contributed by atoms with van der Waals surface area (Å²) in [6, 6.07) is 0. The van der Waals surface area contributed by atoms with E-state index in [0.29, 0.717) is 0 Å². The van der Waals surface area contributed by atoms with Gasteiger partial charge in [-0.3, -0.25) is 0 Å². The molecule has 0 rings (SSSR count). The third-order valence-corrected chi connectivity index (χ3v) is 0. The third kappa shape index (κ3) is 486. The van der Waals surface area contributed by atoms with Crippen molar-refractivity contribution in [3.05, 3.63) is 0 Å². The molecule has 25 valence electrons. The molecule has 0 aromatic carbocycles. The molecule has 0 saturated heterocycles. The normalized spacial score (nSPS) is 4.80. The molecule has 0 aromatic rings. The Balaban J connectivity index is 0. The zero-order chi connectivity index (χ0) is 3.58. The molecule has 0 aromatic heterocycles. The molecule has 0 aliphatic rings. The minimum Gasteiger partial charge on any atom is -0.530 e. The first-order valence-corrected chi connectivity index (χ1v) is 0.697. The standard InChI is InChI=1S/CH3NO2.Hg/c2-1(3)4;/h2H2,(H,3,4);/q;+1/p-1. The molecule has 4 heteroatoms. The van der Waals surface area contributed by atoms with E-state index in [1.165, 1.54) is 0 Å². The topological polar surface area (TPSA) is 66.2 Å². The molecule has 0 bridgehead atoms. The van der Waals surface area contributed by atoms with Crippen LogP contribution in [0.5, 0.6) is 0 Å². The van der Waals surface area contributed by atoms with Crippen LogP contribution in [-0.4, -0.2) is 6.09 Å². The number of rotatable bonds is 0. The van der Waals surface area contributed by atoms with Gasteiger partial charge in [0.2, 0.25) is 0 Å². The molecule has 0 spiro atoms. The van der Waals surface area contributed by atoms with Crippen LogP contribution in [0, 0.1) is 0 Å². The summed E-state index contributed by atoms with van der Waals surface area (Å²) in [5, 5.41) is 8.67. The Morgan fingerprint density at radius 3 is 1.80 bits per heavy atom. The molecular weight excluding hydrogens is 259 g/mol. The number of carbonyl (C=O) groups is 1. The van der Waals surface area contributed by atoms with Crippen molar-refractivity contribution in [2.75, 3.05) is 0 Å². The summed E-state index contributed by atoms with van der Waals surface area (Å²) in [5.41, 5.74) is 3.92. The molecule has 0 aliphatic heterocycles. The van der Waals surface area contributed by atoms with Gasteiger partial charge in [-0.05, 0) is 0 Å². The molecule has 1 radical (unpaired) electrons. The monoisotopic (exact) mass is 262 g/mol. The molecular formula is CH2HgNO2. The Labute approximate surface area is 49.7 Å². The molecule has 0 saturated carbocycles. The van der Waals surface area contributed by atoms with Crippen molar-refractivity contribution in [1.82, 2.24) is 0 Å². The summed E-state index contributed by atoms with van der Waals surface area (Å²) in [5.74, 6) is 0. The summed E-state index contributed by atoms with van der Waals surface area (Å²) in [7, 11) is 0. The number of carboxylic acid groups (broad SMARTS) is 1. The molecule has 1 amide bonds. The first-order valence-electron chi connectivity index (χ1n) is 0.697. The van der Waals surface area contributed by atoms with Gasteiger partial charge in [0.05, 0.1) is 0 Å². The number of hydrogen-bond donors (Lipinski definition) is 1. The zero-order valence-corrected chi connectivity index (χ0v) is 8.10. The zero-order valence-electron chi connectivity index (χ0n) is 2.60. The Morgan fingerprint density at radius 1 is 1.80 bits per heavy atom. The Kier molecular flexibility index (Phi) is 7.54. The number of carbonyl (C=O) groups excluding carboxylic acids is 1. The van der Waals surface area contributed by atoms with Gasteiger partial charge in [-0.15, -0.1) is 0 Å². The van der Waals surface area contributed by atoms with Crippen LogP contribution >= 0.6 is 0 Å². The van der Waals surface area contributed by atoms with Gasteiger partial charge in [-0.1, -0.05) is 0 Å². The average molecular weight is 261 g/mol. The summed E-state index contributed by atoms with van der Waals surface area (Å²) in [6.45, 7) is 0. The van der Waals surface area contributed by atoms with Crippen molar-refractivity contribution in [2.24, 2.45) is 5.73 Å². The first-order chi connectivity index (χ1) is 1.73. The smallest absolute Gasteiger partial charge is 0.530 e. The van der Waals surface area contributed by atoms with Crippen molar-refractivity contribution >= 4 is 6.09 Å². The van der Waals surface area contributed by atoms with E-state index in [9.17, 15) is 0 Å². The fraction of sp³-hybridized carbons (Fsp3) is 0. The van der Waals surface area contributed by atoms with Crippen LogP contribution in [0.1, 0.15) is 0 Å². The fourth-order valence-corrected chi connectivity index (χ4v) is 0. The Hall–Kier alpha value is 0.205. The van der Waals surface area contributed by atoms with Crippen LogP contribution < -0.4 is 10.8 Å². The van der Waals surface area contributed by atoms with Crippen molar-refractivity contribution in [2.45, 2.75) is 0 Å². The summed E-state index contributed by atoms with van der Waals surface area (Å²) >= 11 is 0. The fourth-order valence-electron chi connectivity index (χ4n) is 0. The van der Waals surface area contributed by atoms with E-state index in [0.717, 1.165) is 0 Å². The molecule has 0 fully saturated rings. The number of hydrogen-bond acceptors (Lipinski definition) is 2. The summed E-state index contributed by atoms with van der Waals surface area (Å²) < 4.78 is 0. The van der Waals surface area contributed by atoms with Gasteiger partial charge in [-0.2, -0.15) is 0 Å². The molecule has 3 nitrogen and oxygen atoms in total. The Bertz CT molecular complexity index is 32.6. The minimum atomic E-state index is -1.58. The van der Waals surface area contributed by atoms with Crippen LogP contribution in [0.4, 0.5) is 4.79 Å². The third-order valence-electron chi connectivity index (χ3n) is 0. The minimum absolute atomic E-state index is 0. The van der Waals surface area contributed by atoms with Crippen molar-refractivity contribution in [3.8, 4) is 0 Å². The van der Waals surface area contributed by atoms with E-state index in [2.05, 4.69) is 5.73 Å². The van der Waals surface area contributed by atoms with Crippen molar-refractivity contribution in [3.63, 3.8) is 0 Å². The van der Waals surface area contributed by atoms with Gasteiger partial charge in [0, 0.05) is 0 Å². The first kappa shape index (κ1) is 8.96. The van der Waals surface area contributed by atoms with Crippen molar-refractivity contribution in [1.29, 1.82) is 0 Å². The molecule has 0 atom stereocenters. The molecule has 0 unspecified atom stereocenters. The predicted molar refractivity (Wildman–Crippen MR) is 9.58 cm³/mol. The van der Waals surface area contributed by atoms with Crippen LogP contribution in [0.15, 0.2) is 0 Å². The second-order valence-electron chi connectivity index (χ2n) is 0.319. The maximum Gasteiger partial charge on any atom is 1.00 e. The maximum atomic E-state index is 8.67. The van der Waals surface area contributed by atoms with Gasteiger partial charge < -0.3 is 15.6 Å². The van der Waals surface area contributed by atoms with E-state index >= 15 is 0 Å². The molecule has 5 heavy (non-hydrogen) atoms. The number of primary amides is 1. The van der Waals surface area contributed by atoms with E-state index in [4.69, 9.17) is 9.90 Å². The predicted octanol–water partition coefficient (Wildman–Crippen LogP) is -1.71. The summed E-state index contributed by atoms with van der Waals surface area (Å²) in [6.07, 6.45) is -1.58. The van der Waals surface area contributed by atoms with Gasteiger partial charge >= 0.3 is 27.7 Å². The Morgan fingerprint density at radius 2 is 1.80 bits per heavy atom. The number of amides is 1. The van der Waals surface area contributed by atoms with E-state index < -0.39 is 6.09 Å².